The molecule has 4 aromatic rings. The van der Waals surface area contributed by atoms with Gasteiger partial charge in [-0.15, -0.1) is 11.3 Å². The Morgan fingerprint density at radius 2 is 1.93 bits per heavy atom. The van der Waals surface area contributed by atoms with Gasteiger partial charge in [-0.1, -0.05) is 30.3 Å². The van der Waals surface area contributed by atoms with Crippen molar-refractivity contribution >= 4 is 37.5 Å². The van der Waals surface area contributed by atoms with E-state index in [2.05, 4.69) is 20.9 Å². The molecule has 0 unspecified atom stereocenters. The van der Waals surface area contributed by atoms with Crippen molar-refractivity contribution in [3.05, 3.63) is 79.4 Å². The number of fused-ring (bicyclic) bond motifs is 3. The van der Waals surface area contributed by atoms with E-state index in [-0.39, 0.29) is 5.56 Å². The van der Waals surface area contributed by atoms with Gasteiger partial charge in [0, 0.05) is 10.4 Å². The predicted octanol–water partition coefficient (Wildman–Crippen LogP) is 5.87. The summed E-state index contributed by atoms with van der Waals surface area (Å²) < 4.78 is 6.76. The molecule has 146 valence electrons. The van der Waals surface area contributed by atoms with Gasteiger partial charge in [0.25, 0.3) is 5.56 Å². The van der Waals surface area contributed by atoms with Crippen molar-refractivity contribution in [1.29, 1.82) is 0 Å². The van der Waals surface area contributed by atoms with Crippen molar-refractivity contribution in [1.82, 2.24) is 9.97 Å². The zero-order chi connectivity index (χ0) is 19.8. The molecule has 4 nitrogen and oxygen atoms in total. The molecule has 0 saturated carbocycles. The number of ether oxygens (including phenoxy) is 1. The van der Waals surface area contributed by atoms with Gasteiger partial charge in [-0.25, -0.2) is 4.98 Å². The third-order valence-corrected chi connectivity index (χ3v) is 7.07. The van der Waals surface area contributed by atoms with Crippen LogP contribution in [-0.2, 0) is 19.4 Å². The number of aromatic nitrogens is 2. The number of halogens is 1. The number of rotatable bonds is 4. The van der Waals surface area contributed by atoms with Gasteiger partial charge in [-0.05, 0) is 70.9 Å². The summed E-state index contributed by atoms with van der Waals surface area (Å²) >= 11 is 5.26. The first-order valence-corrected chi connectivity index (χ1v) is 11.3. The van der Waals surface area contributed by atoms with E-state index in [0.717, 1.165) is 50.8 Å². The number of nitrogens with zero attached hydrogens (tertiary/aromatic N) is 1. The molecule has 6 heteroatoms. The zero-order valence-electron chi connectivity index (χ0n) is 15.7. The van der Waals surface area contributed by atoms with Crippen LogP contribution in [0.5, 0.6) is 5.75 Å². The number of hydrogen-bond donors (Lipinski definition) is 1. The molecule has 0 atom stereocenters. The average molecular weight is 467 g/mol. The Labute approximate surface area is 180 Å². The summed E-state index contributed by atoms with van der Waals surface area (Å²) in [7, 11) is 0. The van der Waals surface area contributed by atoms with Crippen molar-refractivity contribution in [3.63, 3.8) is 0 Å². The van der Waals surface area contributed by atoms with Gasteiger partial charge in [-0.2, -0.15) is 0 Å². The van der Waals surface area contributed by atoms with Gasteiger partial charge in [0.2, 0.25) is 0 Å². The number of thiophene rings is 1. The van der Waals surface area contributed by atoms with E-state index in [1.807, 2.05) is 48.5 Å². The van der Waals surface area contributed by atoms with Crippen molar-refractivity contribution in [2.45, 2.75) is 32.3 Å². The van der Waals surface area contributed by atoms with Crippen molar-refractivity contribution in [3.8, 4) is 17.1 Å². The van der Waals surface area contributed by atoms with Crippen LogP contribution >= 0.6 is 27.3 Å². The average Bonchev–Trinajstić information content (AvgIpc) is 3.12. The largest absolute Gasteiger partial charge is 0.488 e. The molecular weight excluding hydrogens is 448 g/mol. The number of aryl methyl sites for hydroxylation is 2. The maximum Gasteiger partial charge on any atom is 0.260 e. The summed E-state index contributed by atoms with van der Waals surface area (Å²) in [6.45, 7) is 0.501. The third-order valence-electron chi connectivity index (χ3n) is 5.27. The van der Waals surface area contributed by atoms with E-state index < -0.39 is 0 Å². The van der Waals surface area contributed by atoms with Crippen LogP contribution in [0.25, 0.3) is 21.6 Å². The Kier molecular flexibility index (Phi) is 4.97. The van der Waals surface area contributed by atoms with Gasteiger partial charge in [0.1, 0.15) is 23.0 Å². The summed E-state index contributed by atoms with van der Waals surface area (Å²) in [5.74, 6) is 1.35. The minimum absolute atomic E-state index is 0.0371. The lowest BCUT2D eigenvalue weighted by atomic mass is 9.97. The zero-order valence-corrected chi connectivity index (χ0v) is 18.1. The van der Waals surface area contributed by atoms with Crippen LogP contribution in [0.1, 0.15) is 28.8 Å². The first-order chi connectivity index (χ1) is 14.2. The fraction of sp³-hybridized carbons (Fsp3) is 0.217. The second-order valence-corrected chi connectivity index (χ2v) is 9.16. The SMILES string of the molecule is O=c1[nH]c(-c2ccc(OCc3ccccc3)c(Br)c2)nc2sc3c(c12)CCCC3. The fourth-order valence-electron chi connectivity index (χ4n) is 3.80. The first-order valence-electron chi connectivity index (χ1n) is 9.70. The van der Waals surface area contributed by atoms with Crippen LogP contribution in [0.15, 0.2) is 57.8 Å². The number of aromatic amines is 1. The standard InChI is InChI=1S/C23H19BrN2O2S/c24-17-12-15(10-11-18(17)28-13-14-6-2-1-3-7-14)21-25-22(27)20-16-8-4-5-9-19(16)29-23(20)26-21/h1-3,6-7,10-12H,4-5,8-9,13H2,(H,25,26,27). The number of hydrogen-bond acceptors (Lipinski definition) is 4. The summed E-state index contributed by atoms with van der Waals surface area (Å²) in [5, 5.41) is 0.787. The van der Waals surface area contributed by atoms with E-state index >= 15 is 0 Å². The molecule has 5 rings (SSSR count). The molecule has 0 spiro atoms. The molecule has 0 saturated heterocycles. The highest BCUT2D eigenvalue weighted by Gasteiger charge is 2.20. The number of benzene rings is 2. The molecule has 29 heavy (non-hydrogen) atoms. The van der Waals surface area contributed by atoms with E-state index in [1.54, 1.807) is 11.3 Å². The molecule has 1 aliphatic rings. The van der Waals surface area contributed by atoms with Gasteiger partial charge >= 0.3 is 0 Å². The van der Waals surface area contributed by atoms with Gasteiger partial charge in [0.15, 0.2) is 0 Å². The lowest BCUT2D eigenvalue weighted by molar-refractivity contribution is 0.304. The smallest absolute Gasteiger partial charge is 0.260 e. The van der Waals surface area contributed by atoms with E-state index in [4.69, 9.17) is 9.72 Å². The Bertz CT molecular complexity index is 1250. The highest BCUT2D eigenvalue weighted by Crippen LogP contribution is 2.35. The number of H-pyrrole nitrogens is 1. The monoisotopic (exact) mass is 466 g/mol. The van der Waals surface area contributed by atoms with Crippen LogP contribution in [-0.4, -0.2) is 9.97 Å². The highest BCUT2D eigenvalue weighted by molar-refractivity contribution is 9.10. The maximum absolute atomic E-state index is 12.8. The van der Waals surface area contributed by atoms with Gasteiger partial charge in [-0.3, -0.25) is 4.79 Å². The number of nitrogens with one attached hydrogen (secondary N) is 1. The lowest BCUT2D eigenvalue weighted by Crippen LogP contribution is -2.11. The van der Waals surface area contributed by atoms with Crippen molar-refractivity contribution in [2.75, 3.05) is 0 Å². The van der Waals surface area contributed by atoms with E-state index in [9.17, 15) is 4.79 Å². The van der Waals surface area contributed by atoms with Crippen LogP contribution in [0.3, 0.4) is 0 Å². The third kappa shape index (κ3) is 3.63. The van der Waals surface area contributed by atoms with Crippen molar-refractivity contribution < 1.29 is 4.74 Å². The second kappa shape index (κ2) is 7.76. The molecule has 0 aliphatic heterocycles. The Balaban J connectivity index is 1.45. The Morgan fingerprint density at radius 3 is 2.76 bits per heavy atom. The molecule has 1 N–H and O–H groups in total. The van der Waals surface area contributed by atoms with Gasteiger partial charge in [0.05, 0.1) is 9.86 Å². The van der Waals surface area contributed by atoms with Crippen LogP contribution < -0.4 is 10.3 Å². The van der Waals surface area contributed by atoms with Crippen LogP contribution in [0.2, 0.25) is 0 Å². The second-order valence-electron chi connectivity index (χ2n) is 7.23. The van der Waals surface area contributed by atoms with Crippen molar-refractivity contribution in [2.24, 2.45) is 0 Å². The summed E-state index contributed by atoms with van der Waals surface area (Å²) in [5.41, 5.74) is 3.14. The van der Waals surface area contributed by atoms with E-state index in [0.29, 0.717) is 12.4 Å². The molecule has 2 aromatic carbocycles. The quantitative estimate of drug-likeness (QED) is 0.408. The first kappa shape index (κ1) is 18.6. The fourth-order valence-corrected chi connectivity index (χ4v) is 5.56. The molecule has 0 bridgehead atoms. The highest BCUT2D eigenvalue weighted by atomic mass is 79.9. The molecular formula is C23H19BrN2O2S. The molecule has 0 radical (unpaired) electrons. The van der Waals surface area contributed by atoms with Gasteiger partial charge < -0.3 is 9.72 Å². The normalized spacial score (nSPS) is 13.4. The maximum atomic E-state index is 12.8. The van der Waals surface area contributed by atoms with Crippen LogP contribution in [0, 0.1) is 0 Å². The predicted molar refractivity (Wildman–Crippen MR) is 121 cm³/mol. The van der Waals surface area contributed by atoms with E-state index in [1.165, 1.54) is 16.9 Å². The molecule has 0 fully saturated rings. The summed E-state index contributed by atoms with van der Waals surface area (Å²) in [4.78, 5) is 22.7. The Hall–Kier alpha value is -2.44. The lowest BCUT2D eigenvalue weighted by Gasteiger charge is -2.10. The summed E-state index contributed by atoms with van der Waals surface area (Å²) in [6.07, 6.45) is 4.39. The summed E-state index contributed by atoms with van der Waals surface area (Å²) in [6, 6.07) is 15.8. The van der Waals surface area contributed by atoms with Crippen LogP contribution in [0.4, 0.5) is 0 Å². The molecule has 2 heterocycles. The molecule has 1 aliphatic carbocycles. The molecule has 2 aromatic heterocycles. The minimum atomic E-state index is -0.0371. The minimum Gasteiger partial charge on any atom is -0.488 e. The topological polar surface area (TPSA) is 55.0 Å². The Morgan fingerprint density at radius 1 is 1.10 bits per heavy atom. The molecule has 0 amide bonds.